The summed E-state index contributed by atoms with van der Waals surface area (Å²) in [6, 6.07) is 12.6. The van der Waals surface area contributed by atoms with Gasteiger partial charge in [-0.05, 0) is 61.3 Å². The smallest absolute Gasteiger partial charge is 0.414 e. The van der Waals surface area contributed by atoms with Crippen molar-refractivity contribution < 1.29 is 18.7 Å². The minimum atomic E-state index is -0.544. The Morgan fingerprint density at radius 1 is 1.22 bits per heavy atom. The highest BCUT2D eigenvalue weighted by Crippen LogP contribution is 2.29. The van der Waals surface area contributed by atoms with E-state index < -0.39 is 18.0 Å². The number of cyclic esters (lactones) is 1. The Bertz CT molecular complexity index is 960. The molecule has 0 radical (unpaired) electrons. The number of nitrogens with one attached hydrogen (secondary N) is 3. The van der Waals surface area contributed by atoms with Gasteiger partial charge in [0.05, 0.1) is 18.8 Å². The number of rotatable bonds is 8. The Morgan fingerprint density at radius 2 is 2.03 bits per heavy atom. The van der Waals surface area contributed by atoms with Gasteiger partial charge >= 0.3 is 6.09 Å². The van der Waals surface area contributed by atoms with Crippen LogP contribution >= 0.6 is 0 Å². The molecule has 0 spiro atoms. The van der Waals surface area contributed by atoms with E-state index in [1.807, 2.05) is 24.3 Å². The van der Waals surface area contributed by atoms with E-state index in [4.69, 9.17) is 4.74 Å². The van der Waals surface area contributed by atoms with Crippen molar-refractivity contribution in [1.29, 1.82) is 0 Å². The van der Waals surface area contributed by atoms with Crippen molar-refractivity contribution in [2.45, 2.75) is 26.0 Å². The van der Waals surface area contributed by atoms with Crippen molar-refractivity contribution in [1.82, 2.24) is 16.0 Å². The first-order valence-corrected chi connectivity index (χ1v) is 11.0. The summed E-state index contributed by atoms with van der Waals surface area (Å²) in [5, 5.41) is 9.49. The van der Waals surface area contributed by atoms with Crippen LogP contribution in [0.2, 0.25) is 0 Å². The molecule has 2 heterocycles. The number of hydrogen-bond donors (Lipinski definition) is 3. The number of benzene rings is 2. The monoisotopic (exact) mass is 440 g/mol. The third-order valence-electron chi connectivity index (χ3n) is 5.91. The van der Waals surface area contributed by atoms with Crippen molar-refractivity contribution in [2.24, 2.45) is 5.92 Å². The van der Waals surface area contributed by atoms with E-state index in [0.29, 0.717) is 17.2 Å². The molecule has 3 N–H and O–H groups in total. The van der Waals surface area contributed by atoms with Gasteiger partial charge in [-0.15, -0.1) is 0 Å². The second-order valence-corrected chi connectivity index (χ2v) is 8.40. The van der Waals surface area contributed by atoms with Crippen LogP contribution in [-0.2, 0) is 16.1 Å². The lowest BCUT2D eigenvalue weighted by molar-refractivity contribution is -0.119. The zero-order chi connectivity index (χ0) is 22.5. The fourth-order valence-electron chi connectivity index (χ4n) is 4.11. The lowest BCUT2D eigenvalue weighted by atomic mass is 10.0. The summed E-state index contributed by atoms with van der Waals surface area (Å²) in [6.07, 6.45) is 0.213. The minimum absolute atomic E-state index is 0.192. The number of ether oxygens (including phenoxy) is 1. The van der Waals surface area contributed by atoms with Gasteiger partial charge in [-0.2, -0.15) is 0 Å². The largest absolute Gasteiger partial charge is 0.442 e. The first kappa shape index (κ1) is 22.2. The van der Waals surface area contributed by atoms with Gasteiger partial charge in [-0.25, -0.2) is 9.18 Å². The maximum Gasteiger partial charge on any atom is 0.414 e. The van der Waals surface area contributed by atoms with Crippen LogP contribution in [0.25, 0.3) is 11.1 Å². The van der Waals surface area contributed by atoms with Gasteiger partial charge in [0.15, 0.2) is 0 Å². The average Bonchev–Trinajstić information content (AvgIpc) is 3.42. The van der Waals surface area contributed by atoms with Gasteiger partial charge < -0.3 is 20.7 Å². The first-order chi connectivity index (χ1) is 15.5. The maximum absolute atomic E-state index is 14.9. The van der Waals surface area contributed by atoms with E-state index in [2.05, 4.69) is 16.0 Å². The molecule has 2 aliphatic rings. The standard InChI is InChI=1S/C24H29FN4O3/c1-16(30)28-14-21-15-29(24(31)32-21)20-6-7-22(23(25)10-20)19-4-2-17(3-5-19)11-27-13-18-8-9-26-12-18/h2-7,10,18,21,26-27H,8-9,11-15H2,1H3,(H,28,30)/t18-,21+/m1/s1. The molecule has 7 nitrogen and oxygen atoms in total. The highest BCUT2D eigenvalue weighted by atomic mass is 19.1. The fraction of sp³-hybridized carbons (Fsp3) is 0.417. The minimum Gasteiger partial charge on any atom is -0.442 e. The summed E-state index contributed by atoms with van der Waals surface area (Å²) in [5.74, 6) is 0.0958. The summed E-state index contributed by atoms with van der Waals surface area (Å²) in [5.41, 5.74) is 2.85. The molecule has 2 saturated heterocycles. The molecule has 32 heavy (non-hydrogen) atoms. The normalized spacial score (nSPS) is 20.4. The Balaban J connectivity index is 1.36. The molecule has 2 atom stereocenters. The summed E-state index contributed by atoms with van der Waals surface area (Å²) >= 11 is 0. The lowest BCUT2D eigenvalue weighted by Crippen LogP contribution is -2.33. The molecule has 0 aliphatic carbocycles. The number of amides is 2. The Hall–Kier alpha value is -2.97. The van der Waals surface area contributed by atoms with Crippen molar-refractivity contribution >= 4 is 17.7 Å². The molecule has 0 saturated carbocycles. The number of carbonyl (C=O) groups is 2. The van der Waals surface area contributed by atoms with Crippen molar-refractivity contribution in [3.63, 3.8) is 0 Å². The highest BCUT2D eigenvalue weighted by molar-refractivity contribution is 5.90. The van der Waals surface area contributed by atoms with Crippen molar-refractivity contribution in [2.75, 3.05) is 37.6 Å². The quantitative estimate of drug-likeness (QED) is 0.588. The summed E-state index contributed by atoms with van der Waals surface area (Å²) in [7, 11) is 0. The van der Waals surface area contributed by atoms with Gasteiger partial charge in [-0.1, -0.05) is 24.3 Å². The molecule has 0 bridgehead atoms. The SMILES string of the molecule is CC(=O)NC[C@H]1CN(c2ccc(-c3ccc(CNC[C@@H]4CCNC4)cc3)c(F)c2)C(=O)O1. The second-order valence-electron chi connectivity index (χ2n) is 8.40. The van der Waals surface area contributed by atoms with E-state index in [1.54, 1.807) is 12.1 Å². The number of hydrogen-bond acceptors (Lipinski definition) is 5. The lowest BCUT2D eigenvalue weighted by Gasteiger charge is -2.15. The summed E-state index contributed by atoms with van der Waals surface area (Å²) in [6.45, 7) is 5.85. The van der Waals surface area contributed by atoms with Crippen LogP contribution in [0.15, 0.2) is 42.5 Å². The molecule has 2 fully saturated rings. The number of anilines is 1. The van der Waals surface area contributed by atoms with Crippen molar-refractivity contribution in [3.05, 3.63) is 53.8 Å². The molecule has 2 aliphatic heterocycles. The van der Waals surface area contributed by atoms with Crippen LogP contribution < -0.4 is 20.9 Å². The average molecular weight is 441 g/mol. The molecule has 8 heteroatoms. The summed E-state index contributed by atoms with van der Waals surface area (Å²) in [4.78, 5) is 24.6. The molecule has 2 amide bonds. The van der Waals surface area contributed by atoms with Crippen molar-refractivity contribution in [3.8, 4) is 11.1 Å². The van der Waals surface area contributed by atoms with E-state index in [1.165, 1.54) is 24.3 Å². The Kier molecular flexibility index (Phi) is 7.02. The molecular formula is C24H29FN4O3. The maximum atomic E-state index is 14.9. The summed E-state index contributed by atoms with van der Waals surface area (Å²) < 4.78 is 20.1. The molecule has 0 aromatic heterocycles. The van der Waals surface area contributed by atoms with Crippen LogP contribution in [0, 0.1) is 11.7 Å². The topological polar surface area (TPSA) is 82.7 Å². The Labute approximate surface area is 187 Å². The van der Waals surface area contributed by atoms with Gasteiger partial charge in [-0.3, -0.25) is 9.69 Å². The molecule has 0 unspecified atom stereocenters. The number of halogens is 1. The van der Waals surface area contributed by atoms with E-state index >= 15 is 0 Å². The first-order valence-electron chi connectivity index (χ1n) is 11.0. The van der Waals surface area contributed by atoms with Crippen LogP contribution in [0.5, 0.6) is 0 Å². The number of carbonyl (C=O) groups excluding carboxylic acids is 2. The highest BCUT2D eigenvalue weighted by Gasteiger charge is 2.32. The number of nitrogens with zero attached hydrogens (tertiary/aromatic N) is 1. The van der Waals surface area contributed by atoms with Gasteiger partial charge in [0, 0.05) is 19.0 Å². The second kappa shape index (κ2) is 10.1. The van der Waals surface area contributed by atoms with E-state index in [-0.39, 0.29) is 19.0 Å². The fourth-order valence-corrected chi connectivity index (χ4v) is 4.11. The van der Waals surface area contributed by atoms with Gasteiger partial charge in [0.1, 0.15) is 11.9 Å². The van der Waals surface area contributed by atoms with E-state index in [9.17, 15) is 14.0 Å². The van der Waals surface area contributed by atoms with Crippen LogP contribution in [-0.4, -0.2) is 50.8 Å². The zero-order valence-electron chi connectivity index (χ0n) is 18.2. The molecule has 170 valence electrons. The molecular weight excluding hydrogens is 411 g/mol. The van der Waals surface area contributed by atoms with Crippen LogP contribution in [0.4, 0.5) is 14.9 Å². The van der Waals surface area contributed by atoms with E-state index in [0.717, 1.165) is 37.3 Å². The van der Waals surface area contributed by atoms with Crippen LogP contribution in [0.1, 0.15) is 18.9 Å². The van der Waals surface area contributed by atoms with Gasteiger partial charge in [0.25, 0.3) is 0 Å². The predicted molar refractivity (Wildman–Crippen MR) is 121 cm³/mol. The zero-order valence-corrected chi connectivity index (χ0v) is 18.2. The Morgan fingerprint density at radius 3 is 2.72 bits per heavy atom. The van der Waals surface area contributed by atoms with Gasteiger partial charge in [0.2, 0.25) is 5.91 Å². The third-order valence-corrected chi connectivity index (χ3v) is 5.91. The van der Waals surface area contributed by atoms with Crippen LogP contribution in [0.3, 0.4) is 0 Å². The molecule has 2 aromatic carbocycles. The molecule has 2 aromatic rings. The molecule has 4 rings (SSSR count). The predicted octanol–water partition coefficient (Wildman–Crippen LogP) is 2.65. The third kappa shape index (κ3) is 5.44.